The van der Waals surface area contributed by atoms with Crippen molar-refractivity contribution < 1.29 is 37.3 Å². The summed E-state index contributed by atoms with van der Waals surface area (Å²) in [6.45, 7) is 7.09. The number of alkyl halides is 3. The molecule has 1 aliphatic rings. The highest BCUT2D eigenvalue weighted by atomic mass is 19.4. The van der Waals surface area contributed by atoms with Gasteiger partial charge in [-0.05, 0) is 88.2 Å². The summed E-state index contributed by atoms with van der Waals surface area (Å²) in [4.78, 5) is 30.9. The first-order valence-electron chi connectivity index (χ1n) is 16.4. The summed E-state index contributed by atoms with van der Waals surface area (Å²) >= 11 is 0. The van der Waals surface area contributed by atoms with Crippen LogP contribution in [0.15, 0.2) is 72.8 Å². The van der Waals surface area contributed by atoms with Crippen molar-refractivity contribution in [2.75, 3.05) is 38.7 Å². The molecular weight excluding hydrogens is 623 g/mol. The molecule has 3 aromatic carbocycles. The molecule has 0 spiro atoms. The summed E-state index contributed by atoms with van der Waals surface area (Å²) in [5, 5.41) is 13.1. The van der Waals surface area contributed by atoms with Crippen molar-refractivity contribution in [1.29, 1.82) is 0 Å². The van der Waals surface area contributed by atoms with Gasteiger partial charge in [0.15, 0.2) is 0 Å². The molecule has 2 N–H and O–H groups in total. The Bertz CT molecular complexity index is 1490. The SMILES string of the molecule is C[C@@H]1CCCCO[C@@H](CN(C)Cc2ccc(C(F)(F)F)cc2)[C@H](C)CN([C@@H](C)CO)C(=O)c2cc(NC(=O)c3ccccc3)ccc2O1. The Kier molecular flexibility index (Phi) is 13.0. The summed E-state index contributed by atoms with van der Waals surface area (Å²) in [6, 6.07) is 18.4. The van der Waals surface area contributed by atoms with E-state index in [1.807, 2.05) is 31.9 Å². The fraction of sp³-hybridized carbons (Fsp3) is 0.459. The molecule has 48 heavy (non-hydrogen) atoms. The van der Waals surface area contributed by atoms with E-state index in [1.165, 1.54) is 12.1 Å². The summed E-state index contributed by atoms with van der Waals surface area (Å²) in [6.07, 6.45) is -2.53. The Labute approximate surface area is 280 Å². The van der Waals surface area contributed by atoms with Gasteiger partial charge in [-0.3, -0.25) is 14.5 Å². The summed E-state index contributed by atoms with van der Waals surface area (Å²) in [5.74, 6) is -0.442. The van der Waals surface area contributed by atoms with Gasteiger partial charge in [-0.1, -0.05) is 37.3 Å². The number of fused-ring (bicyclic) bond motifs is 1. The van der Waals surface area contributed by atoms with Crippen LogP contribution in [-0.4, -0.2) is 78.3 Å². The first-order chi connectivity index (χ1) is 22.8. The zero-order chi connectivity index (χ0) is 34.8. The second kappa shape index (κ2) is 16.9. The van der Waals surface area contributed by atoms with Crippen LogP contribution in [0, 0.1) is 5.92 Å². The standard InChI is InChI=1S/C37H46F3N3O5/c1-25-21-43(26(2)24-44)36(46)32-20-31(41-35(45)29-11-6-5-7-12-29)17-18-33(32)48-27(3)10-8-9-19-47-34(25)23-42(4)22-28-13-15-30(16-14-28)37(38,39)40/h5-7,11-18,20,25-27,34,44H,8-10,19,21-24H2,1-4H3,(H,41,45)/t25-,26+,27-,34+/m1/s1. The van der Waals surface area contributed by atoms with E-state index in [0.717, 1.165) is 37.0 Å². The summed E-state index contributed by atoms with van der Waals surface area (Å²) in [7, 11) is 1.89. The van der Waals surface area contributed by atoms with E-state index in [9.17, 15) is 27.9 Å². The molecule has 1 heterocycles. The van der Waals surface area contributed by atoms with E-state index >= 15 is 0 Å². The second-order valence-corrected chi connectivity index (χ2v) is 12.7. The largest absolute Gasteiger partial charge is 0.490 e. The summed E-state index contributed by atoms with van der Waals surface area (Å²) < 4.78 is 51.8. The molecule has 2 amide bonds. The molecule has 1 aliphatic heterocycles. The number of nitrogens with zero attached hydrogens (tertiary/aromatic N) is 2. The fourth-order valence-electron chi connectivity index (χ4n) is 5.74. The van der Waals surface area contributed by atoms with Crippen molar-refractivity contribution in [3.63, 3.8) is 0 Å². The van der Waals surface area contributed by atoms with Crippen molar-refractivity contribution in [2.24, 2.45) is 5.92 Å². The molecule has 0 fully saturated rings. The second-order valence-electron chi connectivity index (χ2n) is 12.7. The molecule has 0 saturated carbocycles. The third-order valence-electron chi connectivity index (χ3n) is 8.57. The Morgan fingerprint density at radius 2 is 1.77 bits per heavy atom. The van der Waals surface area contributed by atoms with Crippen LogP contribution in [0.5, 0.6) is 5.75 Å². The molecule has 11 heteroatoms. The minimum absolute atomic E-state index is 0.176. The van der Waals surface area contributed by atoms with Gasteiger partial charge in [0, 0.05) is 43.4 Å². The number of carbonyl (C=O) groups is 2. The number of carbonyl (C=O) groups excluding carboxylic acids is 2. The van der Waals surface area contributed by atoms with Crippen LogP contribution in [0.1, 0.15) is 71.9 Å². The molecule has 0 saturated heterocycles. The highest BCUT2D eigenvalue weighted by Crippen LogP contribution is 2.30. The highest BCUT2D eigenvalue weighted by molar-refractivity contribution is 6.05. The van der Waals surface area contributed by atoms with Gasteiger partial charge >= 0.3 is 6.18 Å². The molecule has 4 atom stereocenters. The number of aliphatic hydroxyl groups excluding tert-OH is 1. The lowest BCUT2D eigenvalue weighted by atomic mass is 10.0. The van der Waals surface area contributed by atoms with Crippen LogP contribution < -0.4 is 10.1 Å². The van der Waals surface area contributed by atoms with E-state index in [4.69, 9.17) is 9.47 Å². The lowest BCUT2D eigenvalue weighted by molar-refractivity contribution is -0.137. The molecule has 0 unspecified atom stereocenters. The van der Waals surface area contributed by atoms with Gasteiger partial charge in [0.1, 0.15) is 5.75 Å². The van der Waals surface area contributed by atoms with Crippen molar-refractivity contribution in [3.05, 3.63) is 95.1 Å². The van der Waals surface area contributed by atoms with Gasteiger partial charge in [-0.15, -0.1) is 0 Å². The van der Waals surface area contributed by atoms with Gasteiger partial charge in [-0.2, -0.15) is 13.2 Å². The van der Waals surface area contributed by atoms with Crippen molar-refractivity contribution in [2.45, 2.75) is 71.0 Å². The van der Waals surface area contributed by atoms with E-state index in [1.54, 1.807) is 54.3 Å². The number of rotatable bonds is 8. The van der Waals surface area contributed by atoms with Crippen LogP contribution in [0.3, 0.4) is 0 Å². The van der Waals surface area contributed by atoms with Crippen molar-refractivity contribution >= 4 is 17.5 Å². The quantitative estimate of drug-likeness (QED) is 0.272. The number of hydrogen-bond acceptors (Lipinski definition) is 6. The third kappa shape index (κ3) is 10.3. The van der Waals surface area contributed by atoms with Crippen LogP contribution in [0.4, 0.5) is 18.9 Å². The number of benzene rings is 3. The highest BCUT2D eigenvalue weighted by Gasteiger charge is 2.32. The van der Waals surface area contributed by atoms with E-state index < -0.39 is 17.8 Å². The molecule has 0 aliphatic carbocycles. The average Bonchev–Trinajstić information content (AvgIpc) is 3.06. The van der Waals surface area contributed by atoms with Gasteiger partial charge in [0.05, 0.1) is 36.0 Å². The molecular formula is C37H46F3N3O5. The molecule has 0 bridgehead atoms. The van der Waals surface area contributed by atoms with Crippen LogP contribution >= 0.6 is 0 Å². The van der Waals surface area contributed by atoms with Gasteiger partial charge in [-0.25, -0.2) is 0 Å². The lowest BCUT2D eigenvalue weighted by Gasteiger charge is -2.36. The average molecular weight is 670 g/mol. The number of halogens is 3. The minimum atomic E-state index is -4.39. The molecule has 260 valence electrons. The van der Waals surface area contributed by atoms with Crippen LogP contribution in [0.2, 0.25) is 0 Å². The lowest BCUT2D eigenvalue weighted by Crippen LogP contribution is -2.47. The Morgan fingerprint density at radius 3 is 2.44 bits per heavy atom. The number of amides is 2. The van der Waals surface area contributed by atoms with Crippen LogP contribution in [0.25, 0.3) is 0 Å². The first-order valence-corrected chi connectivity index (χ1v) is 16.4. The molecule has 4 rings (SSSR count). The van der Waals surface area contributed by atoms with E-state index in [2.05, 4.69) is 5.32 Å². The van der Waals surface area contributed by atoms with Gasteiger partial charge in [0.2, 0.25) is 0 Å². The number of hydrogen-bond donors (Lipinski definition) is 2. The number of anilines is 1. The first kappa shape index (κ1) is 36.9. The Morgan fingerprint density at radius 1 is 1.06 bits per heavy atom. The number of aliphatic hydroxyl groups is 1. The number of likely N-dealkylation sites (N-methyl/N-ethyl adjacent to an activating group) is 1. The zero-order valence-electron chi connectivity index (χ0n) is 28.0. The molecule has 8 nitrogen and oxygen atoms in total. The number of nitrogens with one attached hydrogen (secondary N) is 1. The topological polar surface area (TPSA) is 91.3 Å². The number of ether oxygens (including phenoxy) is 2. The zero-order valence-corrected chi connectivity index (χ0v) is 28.0. The molecule has 0 radical (unpaired) electrons. The van der Waals surface area contributed by atoms with Crippen molar-refractivity contribution in [3.8, 4) is 5.75 Å². The van der Waals surface area contributed by atoms with Crippen molar-refractivity contribution in [1.82, 2.24) is 9.80 Å². The van der Waals surface area contributed by atoms with Gasteiger partial charge < -0.3 is 24.8 Å². The Hall–Kier alpha value is -3.93. The van der Waals surface area contributed by atoms with E-state index in [-0.39, 0.29) is 48.7 Å². The monoisotopic (exact) mass is 669 g/mol. The van der Waals surface area contributed by atoms with E-state index in [0.29, 0.717) is 36.7 Å². The predicted octanol–water partition coefficient (Wildman–Crippen LogP) is 6.89. The van der Waals surface area contributed by atoms with Crippen LogP contribution in [-0.2, 0) is 17.5 Å². The molecule has 3 aromatic rings. The molecule has 0 aromatic heterocycles. The minimum Gasteiger partial charge on any atom is -0.490 e. The maximum absolute atomic E-state index is 14.3. The summed E-state index contributed by atoms with van der Waals surface area (Å²) in [5.41, 5.74) is 1.24. The normalized spacial score (nSPS) is 20.4. The maximum Gasteiger partial charge on any atom is 0.416 e. The smallest absolute Gasteiger partial charge is 0.416 e. The third-order valence-corrected chi connectivity index (χ3v) is 8.57. The Balaban J connectivity index is 1.58. The van der Waals surface area contributed by atoms with Gasteiger partial charge in [0.25, 0.3) is 11.8 Å². The fourth-order valence-corrected chi connectivity index (χ4v) is 5.74. The predicted molar refractivity (Wildman–Crippen MR) is 179 cm³/mol. The maximum atomic E-state index is 14.3.